The number of nitrogens with one attached hydrogen (secondary N) is 1. The van der Waals surface area contributed by atoms with E-state index in [9.17, 15) is 5.26 Å². The van der Waals surface area contributed by atoms with Gasteiger partial charge in [0, 0.05) is 4.90 Å². The first-order valence-corrected chi connectivity index (χ1v) is 8.56. The van der Waals surface area contributed by atoms with Gasteiger partial charge in [0.2, 0.25) is 0 Å². The van der Waals surface area contributed by atoms with Crippen LogP contribution in [0.2, 0.25) is 0 Å². The quantitative estimate of drug-likeness (QED) is 0.519. The first kappa shape index (κ1) is 17.9. The molecule has 0 spiro atoms. The van der Waals surface area contributed by atoms with Gasteiger partial charge in [-0.15, -0.1) is 11.8 Å². The SMILES string of the molecule is CCCNC(C)(C#N)CCCCSc1ccccc1OC. The average molecular weight is 306 g/mol. The third-order valence-electron chi connectivity index (χ3n) is 3.41. The van der Waals surface area contributed by atoms with Crippen molar-refractivity contribution in [2.24, 2.45) is 0 Å². The fourth-order valence-electron chi connectivity index (χ4n) is 2.09. The molecule has 0 radical (unpaired) electrons. The van der Waals surface area contributed by atoms with Gasteiger partial charge in [0.15, 0.2) is 0 Å². The Hall–Kier alpha value is -1.18. The maximum absolute atomic E-state index is 9.28. The van der Waals surface area contributed by atoms with E-state index in [-0.39, 0.29) is 5.54 Å². The number of thioether (sulfide) groups is 1. The van der Waals surface area contributed by atoms with Crippen molar-refractivity contribution in [3.63, 3.8) is 0 Å². The van der Waals surface area contributed by atoms with E-state index >= 15 is 0 Å². The molecule has 0 aliphatic heterocycles. The first-order valence-electron chi connectivity index (χ1n) is 7.57. The number of ether oxygens (including phenoxy) is 1. The molecular weight excluding hydrogens is 280 g/mol. The number of unbranched alkanes of at least 4 members (excludes halogenated alkanes) is 1. The molecule has 0 fully saturated rings. The van der Waals surface area contributed by atoms with E-state index in [0.29, 0.717) is 0 Å². The fourth-order valence-corrected chi connectivity index (χ4v) is 3.12. The maximum Gasteiger partial charge on any atom is 0.132 e. The molecule has 0 amide bonds. The van der Waals surface area contributed by atoms with Gasteiger partial charge in [-0.2, -0.15) is 5.26 Å². The van der Waals surface area contributed by atoms with Gasteiger partial charge < -0.3 is 4.74 Å². The van der Waals surface area contributed by atoms with Gasteiger partial charge in [-0.05, 0) is 57.0 Å². The van der Waals surface area contributed by atoms with Crippen LogP contribution in [0, 0.1) is 11.3 Å². The van der Waals surface area contributed by atoms with Crippen molar-refractivity contribution in [1.29, 1.82) is 5.26 Å². The molecule has 0 aromatic heterocycles. The fraction of sp³-hybridized carbons (Fsp3) is 0.588. The highest BCUT2D eigenvalue weighted by Gasteiger charge is 2.21. The Kier molecular flexibility index (Phi) is 8.26. The third kappa shape index (κ3) is 6.41. The average Bonchev–Trinajstić information content (AvgIpc) is 2.53. The van der Waals surface area contributed by atoms with E-state index in [4.69, 9.17) is 4.74 Å². The highest BCUT2D eigenvalue weighted by Crippen LogP contribution is 2.29. The predicted molar refractivity (Wildman–Crippen MR) is 89.9 cm³/mol. The molecule has 116 valence electrons. The summed E-state index contributed by atoms with van der Waals surface area (Å²) in [6.07, 6.45) is 4.12. The van der Waals surface area contributed by atoms with Crippen molar-refractivity contribution >= 4 is 11.8 Å². The number of nitriles is 1. The molecule has 1 aromatic rings. The summed E-state index contributed by atoms with van der Waals surface area (Å²) >= 11 is 1.82. The summed E-state index contributed by atoms with van der Waals surface area (Å²) in [4.78, 5) is 1.19. The van der Waals surface area contributed by atoms with E-state index in [1.807, 2.05) is 36.9 Å². The second-order valence-electron chi connectivity index (χ2n) is 5.33. The predicted octanol–water partition coefficient (Wildman–Crippen LogP) is 4.24. The molecule has 0 saturated carbocycles. The topological polar surface area (TPSA) is 45.0 Å². The van der Waals surface area contributed by atoms with Gasteiger partial charge in [0.25, 0.3) is 0 Å². The monoisotopic (exact) mass is 306 g/mol. The van der Waals surface area contributed by atoms with E-state index in [1.54, 1.807) is 7.11 Å². The highest BCUT2D eigenvalue weighted by molar-refractivity contribution is 7.99. The Morgan fingerprint density at radius 2 is 2.10 bits per heavy atom. The number of rotatable bonds is 10. The van der Waals surface area contributed by atoms with Crippen LogP contribution in [0.3, 0.4) is 0 Å². The first-order chi connectivity index (χ1) is 10.1. The minimum absolute atomic E-state index is 0.384. The standard InChI is InChI=1S/C17H26N2OS/c1-4-12-19-17(2,14-18)11-7-8-13-21-16-10-6-5-9-15(16)20-3/h5-6,9-10,19H,4,7-8,11-13H2,1-3H3. The molecule has 21 heavy (non-hydrogen) atoms. The minimum Gasteiger partial charge on any atom is -0.496 e. The lowest BCUT2D eigenvalue weighted by molar-refractivity contribution is 0.404. The van der Waals surface area contributed by atoms with Crippen LogP contribution in [-0.4, -0.2) is 24.9 Å². The summed E-state index contributed by atoms with van der Waals surface area (Å²) in [6, 6.07) is 10.5. The van der Waals surface area contributed by atoms with Gasteiger partial charge in [0.1, 0.15) is 11.3 Å². The van der Waals surface area contributed by atoms with E-state index in [0.717, 1.165) is 43.7 Å². The van der Waals surface area contributed by atoms with Crippen molar-refractivity contribution < 1.29 is 4.74 Å². The molecule has 1 atom stereocenters. The van der Waals surface area contributed by atoms with Crippen LogP contribution >= 0.6 is 11.8 Å². The van der Waals surface area contributed by atoms with E-state index in [1.165, 1.54) is 4.90 Å². The smallest absolute Gasteiger partial charge is 0.132 e. The van der Waals surface area contributed by atoms with Gasteiger partial charge in [-0.3, -0.25) is 5.32 Å². The molecule has 0 bridgehead atoms. The molecule has 1 N–H and O–H groups in total. The zero-order chi connectivity index (χ0) is 15.6. The maximum atomic E-state index is 9.28. The molecule has 1 aromatic carbocycles. The number of hydrogen-bond acceptors (Lipinski definition) is 4. The molecule has 1 rings (SSSR count). The van der Waals surface area contributed by atoms with Crippen molar-refractivity contribution in [2.45, 2.75) is 50.0 Å². The lowest BCUT2D eigenvalue weighted by Gasteiger charge is -2.22. The van der Waals surface area contributed by atoms with Crippen molar-refractivity contribution in [2.75, 3.05) is 19.4 Å². The Labute approximate surface area is 133 Å². The largest absolute Gasteiger partial charge is 0.496 e. The summed E-state index contributed by atoms with van der Waals surface area (Å²) in [5, 5.41) is 12.6. The second-order valence-corrected chi connectivity index (χ2v) is 6.46. The summed E-state index contributed by atoms with van der Waals surface area (Å²) in [7, 11) is 1.71. The third-order valence-corrected chi connectivity index (χ3v) is 4.55. The molecule has 0 heterocycles. The van der Waals surface area contributed by atoms with E-state index in [2.05, 4.69) is 24.4 Å². The van der Waals surface area contributed by atoms with Gasteiger partial charge in [0.05, 0.1) is 13.2 Å². The Balaban J connectivity index is 2.29. The lowest BCUT2D eigenvalue weighted by atomic mass is 9.96. The second kappa shape index (κ2) is 9.70. The normalized spacial score (nSPS) is 13.4. The number of nitrogens with zero attached hydrogens (tertiary/aromatic N) is 1. The number of para-hydroxylation sites is 1. The molecule has 1 unspecified atom stereocenters. The van der Waals surface area contributed by atoms with Gasteiger partial charge >= 0.3 is 0 Å². The molecule has 4 heteroatoms. The highest BCUT2D eigenvalue weighted by atomic mass is 32.2. The van der Waals surface area contributed by atoms with Crippen LogP contribution in [0.5, 0.6) is 5.75 Å². The van der Waals surface area contributed by atoms with Crippen molar-refractivity contribution in [3.8, 4) is 11.8 Å². The Bertz CT molecular complexity index is 458. The zero-order valence-electron chi connectivity index (χ0n) is 13.3. The van der Waals surface area contributed by atoms with Crippen LogP contribution in [-0.2, 0) is 0 Å². The summed E-state index contributed by atoms with van der Waals surface area (Å²) in [6.45, 7) is 5.02. The zero-order valence-corrected chi connectivity index (χ0v) is 14.1. The summed E-state index contributed by atoms with van der Waals surface area (Å²) < 4.78 is 5.34. The van der Waals surface area contributed by atoms with Gasteiger partial charge in [-0.1, -0.05) is 19.1 Å². The molecule has 0 saturated heterocycles. The Morgan fingerprint density at radius 3 is 2.76 bits per heavy atom. The van der Waals surface area contributed by atoms with Crippen LogP contribution in [0.1, 0.15) is 39.5 Å². The minimum atomic E-state index is -0.384. The van der Waals surface area contributed by atoms with Crippen LogP contribution in [0.15, 0.2) is 29.2 Å². The Morgan fingerprint density at radius 1 is 1.33 bits per heavy atom. The van der Waals surface area contributed by atoms with Crippen molar-refractivity contribution in [3.05, 3.63) is 24.3 Å². The van der Waals surface area contributed by atoms with Crippen LogP contribution in [0.4, 0.5) is 0 Å². The number of benzene rings is 1. The molecule has 3 nitrogen and oxygen atoms in total. The van der Waals surface area contributed by atoms with Crippen molar-refractivity contribution in [1.82, 2.24) is 5.32 Å². The number of hydrogen-bond donors (Lipinski definition) is 1. The molecule has 0 aliphatic carbocycles. The molecule has 0 aliphatic rings. The van der Waals surface area contributed by atoms with Crippen LogP contribution in [0.25, 0.3) is 0 Å². The van der Waals surface area contributed by atoms with E-state index < -0.39 is 0 Å². The number of methoxy groups -OCH3 is 1. The van der Waals surface area contributed by atoms with Gasteiger partial charge in [-0.25, -0.2) is 0 Å². The van der Waals surface area contributed by atoms with Crippen LogP contribution < -0.4 is 10.1 Å². The summed E-state index contributed by atoms with van der Waals surface area (Å²) in [5.41, 5.74) is -0.384. The summed E-state index contributed by atoms with van der Waals surface area (Å²) in [5.74, 6) is 1.99. The lowest BCUT2D eigenvalue weighted by Crippen LogP contribution is -2.41. The molecular formula is C17H26N2OS.